The predicted molar refractivity (Wildman–Crippen MR) is 119 cm³/mol. The number of benzene rings is 1. The van der Waals surface area contributed by atoms with Crippen LogP contribution in [-0.2, 0) is 14.3 Å². The number of hydrogen-bond donors (Lipinski definition) is 1. The first-order valence-electron chi connectivity index (χ1n) is 11.3. The Morgan fingerprint density at radius 3 is 2.54 bits per heavy atom. The molecule has 2 fully saturated rings. The Kier molecular flexibility index (Phi) is 7.12. The lowest BCUT2D eigenvalue weighted by atomic mass is 10.0. The van der Waals surface area contributed by atoms with Crippen molar-refractivity contribution in [2.75, 3.05) is 42.6 Å². The Bertz CT molecular complexity index is 1090. The van der Waals surface area contributed by atoms with Gasteiger partial charge in [0.2, 0.25) is 5.91 Å². The van der Waals surface area contributed by atoms with Crippen LogP contribution in [0.2, 0.25) is 0 Å². The summed E-state index contributed by atoms with van der Waals surface area (Å²) in [7, 11) is 0. The molecule has 0 radical (unpaired) electrons. The van der Waals surface area contributed by atoms with E-state index in [1.54, 1.807) is 16.5 Å². The molecule has 0 saturated carbocycles. The van der Waals surface area contributed by atoms with E-state index in [-0.39, 0.29) is 48.7 Å². The first kappa shape index (κ1) is 24.4. The molecule has 1 aromatic carbocycles. The van der Waals surface area contributed by atoms with Crippen LogP contribution in [-0.4, -0.2) is 71.9 Å². The van der Waals surface area contributed by atoms with E-state index in [1.165, 1.54) is 13.1 Å². The third-order valence-corrected chi connectivity index (χ3v) is 5.92. The minimum Gasteiger partial charge on any atom is -0.461 e. The number of aromatic nitrogens is 3. The molecule has 2 amide bonds. The van der Waals surface area contributed by atoms with Crippen LogP contribution in [0.25, 0.3) is 0 Å². The van der Waals surface area contributed by atoms with E-state index in [2.05, 4.69) is 15.6 Å². The number of esters is 1. The molecule has 0 spiro atoms. The molecule has 3 heterocycles. The zero-order valence-electron chi connectivity index (χ0n) is 19.4. The third kappa shape index (κ3) is 5.33. The highest BCUT2D eigenvalue weighted by molar-refractivity contribution is 5.90. The normalized spacial score (nSPS) is 18.5. The van der Waals surface area contributed by atoms with Crippen molar-refractivity contribution < 1.29 is 32.6 Å². The number of nitrogens with zero attached hydrogens (tertiary/aromatic N) is 5. The number of cyclic esters (lactones) is 1. The molecule has 188 valence electrons. The Hall–Kier alpha value is -3.77. The summed E-state index contributed by atoms with van der Waals surface area (Å²) in [4.78, 5) is 37.8. The van der Waals surface area contributed by atoms with Crippen molar-refractivity contribution in [2.24, 2.45) is 0 Å². The van der Waals surface area contributed by atoms with Crippen LogP contribution in [0.15, 0.2) is 18.3 Å². The molecule has 13 heteroatoms. The van der Waals surface area contributed by atoms with E-state index in [9.17, 15) is 14.4 Å². The van der Waals surface area contributed by atoms with Crippen LogP contribution in [0.4, 0.5) is 25.0 Å². The fraction of sp³-hybridized carbons (Fsp3) is 0.500. The van der Waals surface area contributed by atoms with Gasteiger partial charge < -0.3 is 19.7 Å². The molecule has 2 saturated heterocycles. The average Bonchev–Trinajstić information content (AvgIpc) is 3.45. The van der Waals surface area contributed by atoms with E-state index in [0.29, 0.717) is 25.9 Å². The highest BCUT2D eigenvalue weighted by Crippen LogP contribution is 2.34. The lowest BCUT2D eigenvalue weighted by molar-refractivity contribution is -0.119. The fourth-order valence-corrected chi connectivity index (χ4v) is 4.21. The van der Waals surface area contributed by atoms with Crippen LogP contribution in [0, 0.1) is 11.6 Å². The molecule has 0 aliphatic carbocycles. The minimum absolute atomic E-state index is 0.0445. The molecular formula is C22H26F2N6O5. The zero-order chi connectivity index (χ0) is 25.1. The standard InChI is InChI=1S/C22H26F2N6O5/c1-3-34-21(32)19-12-30(27-26-19)14-4-6-28(7-5-14)20-17(23)8-15(9-18(20)24)29-11-16(35-22(29)33)10-25-13(2)31/h8-9,12,14,16H,3-7,10-11H2,1-2H3,(H,25,31)/t16-/m0/s1. The van der Waals surface area contributed by atoms with Gasteiger partial charge in [0.25, 0.3) is 0 Å². The number of anilines is 2. The predicted octanol–water partition coefficient (Wildman–Crippen LogP) is 2.04. The SMILES string of the molecule is CCOC(=O)c1cn(C2CCN(c3c(F)cc(N4C[C@H](CNC(C)=O)OC4=O)cc3F)CC2)nn1. The number of hydrogen-bond acceptors (Lipinski definition) is 8. The number of carbonyl (C=O) groups excluding carboxylic acids is 3. The van der Waals surface area contributed by atoms with Crippen molar-refractivity contribution >= 4 is 29.3 Å². The van der Waals surface area contributed by atoms with E-state index in [1.807, 2.05) is 0 Å². The minimum atomic E-state index is -0.790. The summed E-state index contributed by atoms with van der Waals surface area (Å²) in [5, 5.41) is 10.4. The van der Waals surface area contributed by atoms with Crippen LogP contribution < -0.4 is 15.1 Å². The molecule has 0 unspecified atom stereocenters. The van der Waals surface area contributed by atoms with Crippen molar-refractivity contribution in [2.45, 2.75) is 38.8 Å². The number of ether oxygens (including phenoxy) is 2. The third-order valence-electron chi connectivity index (χ3n) is 5.92. The summed E-state index contributed by atoms with van der Waals surface area (Å²) < 4.78 is 41.7. The van der Waals surface area contributed by atoms with Gasteiger partial charge in [-0.05, 0) is 19.8 Å². The number of halogens is 2. The van der Waals surface area contributed by atoms with E-state index in [4.69, 9.17) is 9.47 Å². The lowest BCUT2D eigenvalue weighted by Crippen LogP contribution is -2.36. The van der Waals surface area contributed by atoms with Crippen LogP contribution >= 0.6 is 0 Å². The van der Waals surface area contributed by atoms with Crippen molar-refractivity contribution in [3.63, 3.8) is 0 Å². The van der Waals surface area contributed by atoms with Gasteiger partial charge in [-0.3, -0.25) is 9.69 Å². The van der Waals surface area contributed by atoms with Crippen molar-refractivity contribution in [1.29, 1.82) is 0 Å². The first-order valence-corrected chi connectivity index (χ1v) is 11.3. The Morgan fingerprint density at radius 1 is 1.23 bits per heavy atom. The molecule has 1 aromatic heterocycles. The van der Waals surface area contributed by atoms with E-state index < -0.39 is 29.8 Å². The second kappa shape index (κ2) is 10.2. The van der Waals surface area contributed by atoms with E-state index in [0.717, 1.165) is 17.0 Å². The maximum Gasteiger partial charge on any atom is 0.414 e. The maximum absolute atomic E-state index is 15.0. The molecule has 0 bridgehead atoms. The van der Waals surface area contributed by atoms with Crippen LogP contribution in [0.3, 0.4) is 0 Å². The monoisotopic (exact) mass is 492 g/mol. The molecule has 1 N–H and O–H groups in total. The molecule has 1 atom stereocenters. The molecular weight excluding hydrogens is 466 g/mol. The first-order chi connectivity index (χ1) is 16.8. The molecule has 2 aliphatic rings. The smallest absolute Gasteiger partial charge is 0.414 e. The van der Waals surface area contributed by atoms with Crippen molar-refractivity contribution in [3.05, 3.63) is 35.7 Å². The van der Waals surface area contributed by atoms with Gasteiger partial charge in [-0.1, -0.05) is 5.21 Å². The van der Waals surface area contributed by atoms with Gasteiger partial charge in [-0.2, -0.15) is 0 Å². The van der Waals surface area contributed by atoms with Gasteiger partial charge in [0, 0.05) is 32.1 Å². The summed E-state index contributed by atoms with van der Waals surface area (Å²) in [6.45, 7) is 4.17. The number of piperidine rings is 1. The lowest BCUT2D eigenvalue weighted by Gasteiger charge is -2.34. The Labute approximate surface area is 199 Å². The van der Waals surface area contributed by atoms with Crippen LogP contribution in [0.1, 0.15) is 43.2 Å². The molecule has 2 aromatic rings. The fourth-order valence-electron chi connectivity index (χ4n) is 4.21. The second-order valence-electron chi connectivity index (χ2n) is 8.33. The topological polar surface area (TPSA) is 119 Å². The van der Waals surface area contributed by atoms with Gasteiger partial charge in [0.15, 0.2) is 17.3 Å². The molecule has 4 rings (SSSR count). The molecule has 35 heavy (non-hydrogen) atoms. The number of carbonyl (C=O) groups is 3. The quantitative estimate of drug-likeness (QED) is 0.584. The average molecular weight is 492 g/mol. The molecule has 11 nitrogen and oxygen atoms in total. The molecule has 2 aliphatic heterocycles. The van der Waals surface area contributed by atoms with Gasteiger partial charge in [0.05, 0.1) is 37.6 Å². The van der Waals surface area contributed by atoms with Gasteiger partial charge in [0.1, 0.15) is 11.8 Å². The zero-order valence-corrected chi connectivity index (χ0v) is 19.4. The summed E-state index contributed by atoms with van der Waals surface area (Å²) in [5.41, 5.74) is -0.00912. The maximum atomic E-state index is 15.0. The number of amides is 2. The second-order valence-corrected chi connectivity index (χ2v) is 8.33. The Balaban J connectivity index is 1.40. The summed E-state index contributed by atoms with van der Waals surface area (Å²) in [5.74, 6) is -2.40. The number of rotatable bonds is 7. The summed E-state index contributed by atoms with van der Waals surface area (Å²) >= 11 is 0. The van der Waals surface area contributed by atoms with Gasteiger partial charge in [-0.25, -0.2) is 23.1 Å². The highest BCUT2D eigenvalue weighted by Gasteiger charge is 2.34. The Morgan fingerprint density at radius 2 is 1.91 bits per heavy atom. The summed E-state index contributed by atoms with van der Waals surface area (Å²) in [6.07, 6.45) is 1.24. The van der Waals surface area contributed by atoms with Crippen molar-refractivity contribution in [3.8, 4) is 0 Å². The highest BCUT2D eigenvalue weighted by atomic mass is 19.1. The van der Waals surface area contributed by atoms with Crippen molar-refractivity contribution in [1.82, 2.24) is 20.3 Å². The van der Waals surface area contributed by atoms with Gasteiger partial charge in [-0.15, -0.1) is 5.10 Å². The number of nitrogens with one attached hydrogen (secondary N) is 1. The summed E-state index contributed by atoms with van der Waals surface area (Å²) in [6, 6.07) is 2.14. The largest absolute Gasteiger partial charge is 0.461 e. The van der Waals surface area contributed by atoms with Crippen LogP contribution in [0.5, 0.6) is 0 Å². The van der Waals surface area contributed by atoms with E-state index >= 15 is 8.78 Å². The van der Waals surface area contributed by atoms with Gasteiger partial charge >= 0.3 is 12.1 Å².